The Hall–Kier alpha value is -1.11. The molecule has 2 aliphatic rings. The predicted molar refractivity (Wildman–Crippen MR) is 91.1 cm³/mol. The van der Waals surface area contributed by atoms with Gasteiger partial charge in [0.15, 0.2) is 0 Å². The highest BCUT2D eigenvalue weighted by molar-refractivity contribution is 5.93. The molecular formula is C16H27ClN4O2. The van der Waals surface area contributed by atoms with Crippen molar-refractivity contribution in [2.45, 2.75) is 45.9 Å². The lowest BCUT2D eigenvalue weighted by molar-refractivity contribution is 0.0175. The van der Waals surface area contributed by atoms with E-state index < -0.39 is 0 Å². The highest BCUT2D eigenvalue weighted by atomic mass is 35.5. The van der Waals surface area contributed by atoms with Crippen molar-refractivity contribution in [2.24, 2.45) is 5.92 Å². The summed E-state index contributed by atoms with van der Waals surface area (Å²) in [6.45, 7) is 10.1. The van der Waals surface area contributed by atoms with Crippen LogP contribution in [0.4, 0.5) is 0 Å². The molecule has 0 radical (unpaired) electrons. The first-order valence-electron chi connectivity index (χ1n) is 8.29. The first-order valence-corrected chi connectivity index (χ1v) is 8.29. The average molecular weight is 343 g/mol. The van der Waals surface area contributed by atoms with Gasteiger partial charge in [-0.15, -0.1) is 12.4 Å². The zero-order valence-electron chi connectivity index (χ0n) is 14.1. The van der Waals surface area contributed by atoms with E-state index in [1.807, 2.05) is 22.6 Å². The number of nitrogens with one attached hydrogen (secondary N) is 1. The highest BCUT2D eigenvalue weighted by Crippen LogP contribution is 2.20. The maximum Gasteiger partial charge on any atom is 0.272 e. The molecule has 1 N–H and O–H groups in total. The first kappa shape index (κ1) is 18.2. The van der Waals surface area contributed by atoms with Gasteiger partial charge in [-0.2, -0.15) is 5.10 Å². The second kappa shape index (κ2) is 7.64. The van der Waals surface area contributed by atoms with E-state index in [1.165, 1.54) is 0 Å². The zero-order chi connectivity index (χ0) is 15.7. The van der Waals surface area contributed by atoms with Gasteiger partial charge in [0.05, 0.1) is 24.4 Å². The van der Waals surface area contributed by atoms with E-state index in [1.54, 1.807) is 0 Å². The molecule has 6 nitrogen and oxygen atoms in total. The van der Waals surface area contributed by atoms with Crippen molar-refractivity contribution < 1.29 is 9.53 Å². The summed E-state index contributed by atoms with van der Waals surface area (Å²) < 4.78 is 7.58. The fourth-order valence-corrected chi connectivity index (χ4v) is 3.32. The monoisotopic (exact) mass is 342 g/mol. The van der Waals surface area contributed by atoms with Gasteiger partial charge in [0, 0.05) is 26.2 Å². The van der Waals surface area contributed by atoms with Gasteiger partial charge in [0.2, 0.25) is 0 Å². The summed E-state index contributed by atoms with van der Waals surface area (Å²) in [5.41, 5.74) is 1.71. The number of nitrogens with zero attached hydrogens (tertiary/aromatic N) is 3. The summed E-state index contributed by atoms with van der Waals surface area (Å²) in [6.07, 6.45) is 1.04. The molecule has 23 heavy (non-hydrogen) atoms. The third-order valence-electron chi connectivity index (χ3n) is 4.36. The number of rotatable bonds is 4. The Morgan fingerprint density at radius 1 is 1.48 bits per heavy atom. The highest BCUT2D eigenvalue weighted by Gasteiger charge is 2.38. The van der Waals surface area contributed by atoms with Crippen LogP contribution >= 0.6 is 12.4 Å². The fourth-order valence-electron chi connectivity index (χ4n) is 3.32. The first-order chi connectivity index (χ1) is 10.6. The normalized spacial score (nSPS) is 23.7. The van der Waals surface area contributed by atoms with Gasteiger partial charge in [-0.3, -0.25) is 9.48 Å². The average Bonchev–Trinajstić information content (AvgIpc) is 3.09. The number of aromatic nitrogens is 2. The van der Waals surface area contributed by atoms with Crippen LogP contribution in [0.3, 0.4) is 0 Å². The van der Waals surface area contributed by atoms with Gasteiger partial charge in [-0.05, 0) is 25.3 Å². The minimum Gasteiger partial charge on any atom is -0.373 e. The number of likely N-dealkylation sites (tertiary alicyclic amines) is 1. The number of amides is 1. The SMILES string of the molecule is CCn1nc(CC(C)C)cc1C(=O)N1C[C@@H]2NCCO[C@H]2C1.Cl. The predicted octanol–water partition coefficient (Wildman–Crippen LogP) is 1.34. The van der Waals surface area contributed by atoms with Gasteiger partial charge in [-0.1, -0.05) is 13.8 Å². The van der Waals surface area contributed by atoms with E-state index in [4.69, 9.17) is 4.74 Å². The maximum atomic E-state index is 12.9. The minimum absolute atomic E-state index is 0. The summed E-state index contributed by atoms with van der Waals surface area (Å²) in [4.78, 5) is 14.7. The molecule has 0 saturated carbocycles. The Bertz CT molecular complexity index is 532. The van der Waals surface area contributed by atoms with Crippen molar-refractivity contribution >= 4 is 18.3 Å². The molecule has 2 fully saturated rings. The molecule has 3 rings (SSSR count). The van der Waals surface area contributed by atoms with E-state index in [-0.39, 0.29) is 30.5 Å². The molecule has 2 aliphatic heterocycles. The van der Waals surface area contributed by atoms with Crippen LogP contribution in [0.25, 0.3) is 0 Å². The Balaban J connectivity index is 0.00000192. The molecule has 2 atom stereocenters. The van der Waals surface area contributed by atoms with Crippen molar-refractivity contribution in [1.82, 2.24) is 20.0 Å². The van der Waals surface area contributed by atoms with Gasteiger partial charge in [0.1, 0.15) is 5.69 Å². The summed E-state index contributed by atoms with van der Waals surface area (Å²) in [7, 11) is 0. The molecule has 1 aromatic rings. The lowest BCUT2D eigenvalue weighted by Crippen LogP contribution is -2.47. The van der Waals surface area contributed by atoms with Gasteiger partial charge in [0.25, 0.3) is 5.91 Å². The molecule has 0 bridgehead atoms. The number of carbonyl (C=O) groups excluding carboxylic acids is 1. The molecule has 1 aromatic heterocycles. The topological polar surface area (TPSA) is 59.4 Å². The number of fused-ring (bicyclic) bond motifs is 1. The second-order valence-electron chi connectivity index (χ2n) is 6.61. The Morgan fingerprint density at radius 2 is 2.26 bits per heavy atom. The maximum absolute atomic E-state index is 12.9. The van der Waals surface area contributed by atoms with Gasteiger partial charge < -0.3 is 15.0 Å². The Kier molecular flexibility index (Phi) is 6.06. The van der Waals surface area contributed by atoms with Crippen molar-refractivity contribution in [3.63, 3.8) is 0 Å². The molecule has 7 heteroatoms. The number of hydrogen-bond donors (Lipinski definition) is 1. The Morgan fingerprint density at radius 3 is 2.91 bits per heavy atom. The summed E-state index contributed by atoms with van der Waals surface area (Å²) >= 11 is 0. The zero-order valence-corrected chi connectivity index (χ0v) is 14.9. The Labute approximate surface area is 144 Å². The molecule has 2 saturated heterocycles. The van der Waals surface area contributed by atoms with Gasteiger partial charge in [-0.25, -0.2) is 0 Å². The van der Waals surface area contributed by atoms with Crippen LogP contribution < -0.4 is 5.32 Å². The van der Waals surface area contributed by atoms with Crippen LogP contribution in [0.15, 0.2) is 6.07 Å². The van der Waals surface area contributed by atoms with Crippen LogP contribution in [0.1, 0.15) is 37.0 Å². The van der Waals surface area contributed by atoms with Crippen LogP contribution in [0.2, 0.25) is 0 Å². The third kappa shape index (κ3) is 3.87. The molecule has 0 aromatic carbocycles. The molecule has 1 amide bonds. The number of aryl methyl sites for hydroxylation is 1. The van der Waals surface area contributed by atoms with Gasteiger partial charge >= 0.3 is 0 Å². The number of carbonyl (C=O) groups is 1. The van der Waals surface area contributed by atoms with E-state index in [0.717, 1.165) is 31.8 Å². The van der Waals surface area contributed by atoms with E-state index in [2.05, 4.69) is 24.3 Å². The third-order valence-corrected chi connectivity index (χ3v) is 4.36. The van der Waals surface area contributed by atoms with Crippen LogP contribution in [0.5, 0.6) is 0 Å². The largest absolute Gasteiger partial charge is 0.373 e. The van der Waals surface area contributed by atoms with Crippen molar-refractivity contribution in [1.29, 1.82) is 0 Å². The van der Waals surface area contributed by atoms with Crippen LogP contribution in [-0.4, -0.2) is 59.0 Å². The smallest absolute Gasteiger partial charge is 0.272 e. The number of morpholine rings is 1. The molecule has 0 unspecified atom stereocenters. The second-order valence-corrected chi connectivity index (χ2v) is 6.61. The number of halogens is 1. The lowest BCUT2D eigenvalue weighted by atomic mass is 10.1. The lowest BCUT2D eigenvalue weighted by Gasteiger charge is -2.25. The quantitative estimate of drug-likeness (QED) is 0.897. The number of hydrogen-bond acceptors (Lipinski definition) is 4. The molecule has 3 heterocycles. The van der Waals surface area contributed by atoms with Crippen molar-refractivity contribution in [2.75, 3.05) is 26.2 Å². The minimum atomic E-state index is 0. The van der Waals surface area contributed by atoms with Crippen LogP contribution in [-0.2, 0) is 17.7 Å². The summed E-state index contributed by atoms with van der Waals surface area (Å²) in [5.74, 6) is 0.611. The summed E-state index contributed by atoms with van der Waals surface area (Å²) in [6, 6.07) is 2.23. The van der Waals surface area contributed by atoms with Crippen molar-refractivity contribution in [3.05, 3.63) is 17.5 Å². The molecule has 0 spiro atoms. The van der Waals surface area contributed by atoms with E-state index in [0.29, 0.717) is 24.7 Å². The van der Waals surface area contributed by atoms with E-state index >= 15 is 0 Å². The van der Waals surface area contributed by atoms with Crippen LogP contribution in [0, 0.1) is 5.92 Å². The van der Waals surface area contributed by atoms with Crippen molar-refractivity contribution in [3.8, 4) is 0 Å². The fraction of sp³-hybridized carbons (Fsp3) is 0.750. The standard InChI is InChI=1S/C16H26N4O2.ClH/c1-4-20-14(8-12(18-20)7-11(2)3)16(21)19-9-13-15(10-19)22-6-5-17-13;/h8,11,13,15,17H,4-7,9-10H2,1-3H3;1H/t13-,15-;/m0./s1. The molecular weight excluding hydrogens is 316 g/mol. The number of ether oxygens (including phenoxy) is 1. The summed E-state index contributed by atoms with van der Waals surface area (Å²) in [5, 5.41) is 8.01. The molecule has 0 aliphatic carbocycles. The van der Waals surface area contributed by atoms with E-state index in [9.17, 15) is 4.79 Å². The molecule has 130 valence electrons.